The SMILES string of the molecule is CC1CCC2CC1(C)CC2(C)C. The molecule has 0 spiro atoms. The normalized spacial score (nSPS) is 51.0. The van der Waals surface area contributed by atoms with Crippen LogP contribution in [0.25, 0.3) is 0 Å². The van der Waals surface area contributed by atoms with Gasteiger partial charge in [-0.15, -0.1) is 0 Å². The molecule has 0 radical (unpaired) electrons. The molecule has 2 saturated carbocycles. The van der Waals surface area contributed by atoms with Crippen LogP contribution in [0.15, 0.2) is 0 Å². The zero-order valence-electron chi connectivity index (χ0n) is 8.98. The summed E-state index contributed by atoms with van der Waals surface area (Å²) in [5.41, 5.74) is 1.33. The van der Waals surface area contributed by atoms with Crippen molar-refractivity contribution >= 4 is 0 Å². The van der Waals surface area contributed by atoms with Gasteiger partial charge in [0.15, 0.2) is 0 Å². The van der Waals surface area contributed by atoms with Crippen LogP contribution in [0.5, 0.6) is 0 Å². The molecule has 2 aliphatic rings. The first kappa shape index (κ1) is 8.59. The largest absolute Gasteiger partial charge is 0.0620 e. The van der Waals surface area contributed by atoms with Crippen molar-refractivity contribution in [3.05, 3.63) is 0 Å². The van der Waals surface area contributed by atoms with E-state index in [-0.39, 0.29) is 0 Å². The number of hydrogen-bond donors (Lipinski definition) is 0. The van der Waals surface area contributed by atoms with Gasteiger partial charge >= 0.3 is 0 Å². The molecule has 3 unspecified atom stereocenters. The van der Waals surface area contributed by atoms with E-state index in [4.69, 9.17) is 0 Å². The van der Waals surface area contributed by atoms with E-state index in [2.05, 4.69) is 27.7 Å². The van der Waals surface area contributed by atoms with E-state index in [1.165, 1.54) is 25.7 Å². The zero-order chi connectivity index (χ0) is 8.98. The van der Waals surface area contributed by atoms with E-state index in [9.17, 15) is 0 Å². The maximum absolute atomic E-state index is 2.51. The van der Waals surface area contributed by atoms with Gasteiger partial charge in [0, 0.05) is 0 Å². The zero-order valence-corrected chi connectivity index (χ0v) is 8.98. The Morgan fingerprint density at radius 2 is 1.75 bits per heavy atom. The average molecular weight is 166 g/mol. The van der Waals surface area contributed by atoms with E-state index in [0.29, 0.717) is 10.8 Å². The van der Waals surface area contributed by atoms with Gasteiger partial charge in [-0.1, -0.05) is 27.7 Å². The predicted octanol–water partition coefficient (Wildman–Crippen LogP) is 3.86. The van der Waals surface area contributed by atoms with Crippen molar-refractivity contribution in [2.24, 2.45) is 22.7 Å². The van der Waals surface area contributed by atoms with Crippen molar-refractivity contribution in [2.75, 3.05) is 0 Å². The monoisotopic (exact) mass is 166 g/mol. The standard InChI is InChI=1S/C12H22/c1-9-5-6-10-7-12(9,4)8-11(10,2)3/h9-10H,5-8H2,1-4H3. The highest BCUT2D eigenvalue weighted by molar-refractivity contribution is 5.01. The summed E-state index contributed by atoms with van der Waals surface area (Å²) in [7, 11) is 0. The Hall–Kier alpha value is 0. The molecule has 2 aliphatic carbocycles. The number of rotatable bonds is 0. The van der Waals surface area contributed by atoms with Gasteiger partial charge in [0.1, 0.15) is 0 Å². The average Bonchev–Trinajstić information content (AvgIpc) is 2.12. The van der Waals surface area contributed by atoms with Crippen molar-refractivity contribution in [1.29, 1.82) is 0 Å². The summed E-state index contributed by atoms with van der Waals surface area (Å²) in [6.07, 6.45) is 5.93. The molecule has 0 saturated heterocycles. The fourth-order valence-corrected chi connectivity index (χ4v) is 3.76. The van der Waals surface area contributed by atoms with Crippen LogP contribution < -0.4 is 0 Å². The quantitative estimate of drug-likeness (QED) is 0.512. The molecule has 0 heteroatoms. The number of fused-ring (bicyclic) bond motifs is 2. The minimum atomic E-state index is 0.638. The van der Waals surface area contributed by atoms with Crippen LogP contribution in [0, 0.1) is 22.7 Å². The Bertz CT molecular complexity index is 192. The second-order valence-electron chi connectivity index (χ2n) is 6.20. The fraction of sp³-hybridized carbons (Fsp3) is 1.00. The van der Waals surface area contributed by atoms with Crippen LogP contribution in [0.4, 0.5) is 0 Å². The summed E-state index contributed by atoms with van der Waals surface area (Å²) in [4.78, 5) is 0. The molecule has 70 valence electrons. The van der Waals surface area contributed by atoms with E-state index >= 15 is 0 Å². The summed E-state index contributed by atoms with van der Waals surface area (Å²) >= 11 is 0. The Morgan fingerprint density at radius 1 is 1.08 bits per heavy atom. The first-order chi connectivity index (χ1) is 5.44. The summed E-state index contributed by atoms with van der Waals surface area (Å²) in [5, 5.41) is 0. The van der Waals surface area contributed by atoms with Gasteiger partial charge in [0.05, 0.1) is 0 Å². The first-order valence-corrected chi connectivity index (χ1v) is 5.44. The van der Waals surface area contributed by atoms with Gasteiger partial charge in [0.25, 0.3) is 0 Å². The van der Waals surface area contributed by atoms with Gasteiger partial charge < -0.3 is 0 Å². The predicted molar refractivity (Wildman–Crippen MR) is 53.0 cm³/mol. The van der Waals surface area contributed by atoms with E-state index in [0.717, 1.165) is 11.8 Å². The summed E-state index contributed by atoms with van der Waals surface area (Å²) in [6, 6.07) is 0. The van der Waals surface area contributed by atoms with E-state index < -0.39 is 0 Å². The van der Waals surface area contributed by atoms with Crippen LogP contribution in [0.3, 0.4) is 0 Å². The number of hydrogen-bond acceptors (Lipinski definition) is 0. The third-order valence-electron chi connectivity index (χ3n) is 4.82. The lowest BCUT2D eigenvalue weighted by atomic mass is 9.70. The van der Waals surface area contributed by atoms with E-state index in [1.54, 1.807) is 0 Å². The van der Waals surface area contributed by atoms with Crippen LogP contribution in [0.1, 0.15) is 53.4 Å². The lowest BCUT2D eigenvalue weighted by Crippen LogP contribution is -2.25. The second-order valence-corrected chi connectivity index (χ2v) is 6.20. The topological polar surface area (TPSA) is 0 Å². The molecule has 0 nitrogen and oxygen atoms in total. The van der Waals surface area contributed by atoms with Gasteiger partial charge in [-0.25, -0.2) is 0 Å². The summed E-state index contributed by atoms with van der Waals surface area (Å²) in [5.74, 6) is 1.99. The van der Waals surface area contributed by atoms with Crippen molar-refractivity contribution in [3.63, 3.8) is 0 Å². The van der Waals surface area contributed by atoms with Crippen LogP contribution in [0.2, 0.25) is 0 Å². The first-order valence-electron chi connectivity index (χ1n) is 5.44. The Morgan fingerprint density at radius 3 is 2.33 bits per heavy atom. The molecular weight excluding hydrogens is 144 g/mol. The molecule has 0 aliphatic heterocycles. The minimum Gasteiger partial charge on any atom is -0.0620 e. The lowest BCUT2D eigenvalue weighted by Gasteiger charge is -2.35. The third kappa shape index (κ3) is 1.03. The molecule has 0 amide bonds. The molecule has 2 fully saturated rings. The van der Waals surface area contributed by atoms with Crippen molar-refractivity contribution < 1.29 is 0 Å². The molecule has 0 heterocycles. The minimum absolute atomic E-state index is 0.638. The molecule has 0 aromatic heterocycles. The van der Waals surface area contributed by atoms with Crippen molar-refractivity contribution in [2.45, 2.75) is 53.4 Å². The van der Waals surface area contributed by atoms with Crippen LogP contribution >= 0.6 is 0 Å². The van der Waals surface area contributed by atoms with Gasteiger partial charge in [-0.2, -0.15) is 0 Å². The van der Waals surface area contributed by atoms with Gasteiger partial charge in [-0.3, -0.25) is 0 Å². The Balaban J connectivity index is 2.27. The molecule has 2 bridgehead atoms. The fourth-order valence-electron chi connectivity index (χ4n) is 3.76. The second kappa shape index (κ2) is 2.27. The van der Waals surface area contributed by atoms with Crippen molar-refractivity contribution in [3.8, 4) is 0 Å². The lowest BCUT2D eigenvalue weighted by molar-refractivity contribution is 0.149. The van der Waals surface area contributed by atoms with Crippen LogP contribution in [-0.2, 0) is 0 Å². The smallest absolute Gasteiger partial charge is 0.0292 e. The van der Waals surface area contributed by atoms with Gasteiger partial charge in [-0.05, 0) is 48.3 Å². The molecule has 0 aromatic carbocycles. The molecule has 0 aromatic rings. The molecule has 0 N–H and O–H groups in total. The maximum Gasteiger partial charge on any atom is -0.0292 e. The van der Waals surface area contributed by atoms with Crippen LogP contribution in [-0.4, -0.2) is 0 Å². The molecular formula is C12H22. The summed E-state index contributed by atoms with van der Waals surface area (Å²) in [6.45, 7) is 9.91. The highest BCUT2D eigenvalue weighted by Gasteiger charge is 2.51. The van der Waals surface area contributed by atoms with Crippen molar-refractivity contribution in [1.82, 2.24) is 0 Å². The molecule has 12 heavy (non-hydrogen) atoms. The van der Waals surface area contributed by atoms with Gasteiger partial charge in [0.2, 0.25) is 0 Å². The maximum atomic E-state index is 2.51. The Kier molecular flexibility index (Phi) is 1.63. The van der Waals surface area contributed by atoms with E-state index in [1.807, 2.05) is 0 Å². The molecule has 2 rings (SSSR count). The highest BCUT2D eigenvalue weighted by atomic mass is 14.6. The molecule has 3 atom stereocenters. The Labute approximate surface area is 76.7 Å². The highest BCUT2D eigenvalue weighted by Crippen LogP contribution is 2.61. The summed E-state index contributed by atoms with van der Waals surface area (Å²) < 4.78 is 0. The third-order valence-corrected chi connectivity index (χ3v) is 4.82.